The summed E-state index contributed by atoms with van der Waals surface area (Å²) in [6.07, 6.45) is 0. The molecule has 3 aromatic rings. The zero-order valence-electron chi connectivity index (χ0n) is 19.4. The van der Waals surface area contributed by atoms with Crippen LogP contribution in [0.5, 0.6) is 5.75 Å². The number of anilines is 2. The number of rotatable bonds is 5. The van der Waals surface area contributed by atoms with E-state index in [0.29, 0.717) is 28.3 Å². The number of carbonyl (C=O) groups excluding carboxylic acids is 2. The summed E-state index contributed by atoms with van der Waals surface area (Å²) in [5, 5.41) is 0. The molecule has 0 radical (unpaired) electrons. The molecule has 0 atom stereocenters. The molecule has 0 N–H and O–H groups in total. The van der Waals surface area contributed by atoms with E-state index in [9.17, 15) is 31.2 Å². The second-order valence-electron chi connectivity index (χ2n) is 8.28. The van der Waals surface area contributed by atoms with Crippen LogP contribution in [-0.4, -0.2) is 32.4 Å². The SMILES string of the molecule is Cc1cc(Br)cc(C)c1OC(=O)C1c2ccccc2N(CC(=O)OS(=O)(=O)C(F)(F)F)c2ccccc21. The van der Waals surface area contributed by atoms with Gasteiger partial charge >= 0.3 is 27.6 Å². The minimum absolute atomic E-state index is 0.314. The van der Waals surface area contributed by atoms with E-state index >= 15 is 0 Å². The Morgan fingerprint density at radius 1 is 0.946 bits per heavy atom. The van der Waals surface area contributed by atoms with Crippen LogP contribution in [0.4, 0.5) is 24.5 Å². The second kappa shape index (κ2) is 9.82. The van der Waals surface area contributed by atoms with Gasteiger partial charge in [-0.15, -0.1) is 0 Å². The largest absolute Gasteiger partial charge is 0.534 e. The number of alkyl halides is 3. The molecule has 0 saturated heterocycles. The molecule has 0 amide bonds. The number of fused-ring (bicyclic) bond motifs is 2. The maximum atomic E-state index is 13.6. The summed E-state index contributed by atoms with van der Waals surface area (Å²) in [5.41, 5.74) is -2.82. The Morgan fingerprint density at radius 2 is 1.43 bits per heavy atom. The number of aryl methyl sites for hydroxylation is 2. The summed E-state index contributed by atoms with van der Waals surface area (Å²) in [7, 11) is -6.13. The normalized spacial score (nSPS) is 13.5. The first-order valence-corrected chi connectivity index (χ1v) is 13.0. The zero-order chi connectivity index (χ0) is 27.1. The number of hydrogen-bond donors (Lipinski definition) is 0. The van der Waals surface area contributed by atoms with Gasteiger partial charge in [0.1, 0.15) is 18.2 Å². The van der Waals surface area contributed by atoms with Gasteiger partial charge in [-0.1, -0.05) is 52.3 Å². The van der Waals surface area contributed by atoms with E-state index in [1.54, 1.807) is 74.5 Å². The van der Waals surface area contributed by atoms with E-state index in [2.05, 4.69) is 20.1 Å². The molecular weight excluding hydrogens is 579 g/mol. The summed E-state index contributed by atoms with van der Waals surface area (Å²) < 4.78 is 71.3. The maximum Gasteiger partial charge on any atom is 0.534 e. The predicted molar refractivity (Wildman–Crippen MR) is 132 cm³/mol. The van der Waals surface area contributed by atoms with Crippen molar-refractivity contribution in [1.82, 2.24) is 0 Å². The number of carbonyl (C=O) groups is 2. The Balaban J connectivity index is 1.73. The third-order valence-corrected chi connectivity index (χ3v) is 7.14. The smallest absolute Gasteiger partial charge is 0.425 e. The van der Waals surface area contributed by atoms with E-state index in [-0.39, 0.29) is 0 Å². The lowest BCUT2D eigenvalue weighted by atomic mass is 9.85. The van der Waals surface area contributed by atoms with Gasteiger partial charge in [0.2, 0.25) is 0 Å². The lowest BCUT2D eigenvalue weighted by molar-refractivity contribution is -0.135. The molecule has 194 valence electrons. The first-order chi connectivity index (χ1) is 17.3. The van der Waals surface area contributed by atoms with Gasteiger partial charge in [-0.2, -0.15) is 21.6 Å². The van der Waals surface area contributed by atoms with Crippen molar-refractivity contribution in [3.63, 3.8) is 0 Å². The number of ether oxygens (including phenoxy) is 1. The molecule has 1 aliphatic heterocycles. The third kappa shape index (κ3) is 5.21. The van der Waals surface area contributed by atoms with E-state index in [4.69, 9.17) is 4.74 Å². The molecule has 7 nitrogen and oxygen atoms in total. The van der Waals surface area contributed by atoms with Crippen LogP contribution in [0.15, 0.2) is 65.1 Å². The van der Waals surface area contributed by atoms with Crippen LogP contribution in [0.25, 0.3) is 0 Å². The summed E-state index contributed by atoms with van der Waals surface area (Å²) in [6.45, 7) is 2.74. The topological polar surface area (TPSA) is 90.0 Å². The summed E-state index contributed by atoms with van der Waals surface area (Å²) in [6, 6.07) is 16.5. The molecule has 0 saturated carbocycles. The molecule has 0 aromatic heterocycles. The van der Waals surface area contributed by atoms with Crippen molar-refractivity contribution in [2.24, 2.45) is 0 Å². The number of hydrogen-bond acceptors (Lipinski definition) is 7. The molecule has 37 heavy (non-hydrogen) atoms. The van der Waals surface area contributed by atoms with E-state index < -0.39 is 40.0 Å². The molecular formula is C25H19BrF3NO6S. The van der Waals surface area contributed by atoms with Crippen LogP contribution >= 0.6 is 15.9 Å². The summed E-state index contributed by atoms with van der Waals surface area (Å²) >= 11 is 3.40. The molecule has 0 aliphatic carbocycles. The molecule has 3 aromatic carbocycles. The average Bonchev–Trinajstić information content (AvgIpc) is 2.80. The molecule has 1 heterocycles. The Morgan fingerprint density at radius 3 is 1.92 bits per heavy atom. The highest BCUT2D eigenvalue weighted by Gasteiger charge is 2.50. The Bertz CT molecular complexity index is 1440. The van der Waals surface area contributed by atoms with Gasteiger partial charge in [0.25, 0.3) is 0 Å². The van der Waals surface area contributed by atoms with Gasteiger partial charge in [-0.3, -0.25) is 4.79 Å². The van der Waals surface area contributed by atoms with Crippen LogP contribution in [0.1, 0.15) is 28.2 Å². The van der Waals surface area contributed by atoms with E-state index in [1.807, 2.05) is 0 Å². The first-order valence-electron chi connectivity index (χ1n) is 10.8. The molecule has 0 spiro atoms. The maximum absolute atomic E-state index is 13.6. The van der Waals surface area contributed by atoms with Crippen LogP contribution in [-0.2, 0) is 23.9 Å². The number of halogens is 4. The van der Waals surface area contributed by atoms with Gasteiger partial charge in [0, 0.05) is 15.8 Å². The van der Waals surface area contributed by atoms with Crippen molar-refractivity contribution in [2.75, 3.05) is 11.4 Å². The number of para-hydroxylation sites is 2. The number of esters is 1. The lowest BCUT2D eigenvalue weighted by Crippen LogP contribution is -2.36. The molecule has 0 bridgehead atoms. The van der Waals surface area contributed by atoms with Crippen LogP contribution < -0.4 is 9.64 Å². The lowest BCUT2D eigenvalue weighted by Gasteiger charge is -2.36. The van der Waals surface area contributed by atoms with Crippen molar-refractivity contribution in [3.05, 3.63) is 87.4 Å². The van der Waals surface area contributed by atoms with Crippen molar-refractivity contribution < 1.29 is 40.1 Å². The quantitative estimate of drug-likeness (QED) is 0.162. The molecule has 0 fully saturated rings. The van der Waals surface area contributed by atoms with Crippen LogP contribution in [0.3, 0.4) is 0 Å². The van der Waals surface area contributed by atoms with Crippen molar-refractivity contribution in [3.8, 4) is 5.75 Å². The number of nitrogens with zero attached hydrogens (tertiary/aromatic N) is 1. The Kier molecular flexibility index (Phi) is 7.08. The fourth-order valence-electron chi connectivity index (χ4n) is 4.22. The van der Waals surface area contributed by atoms with Crippen molar-refractivity contribution in [1.29, 1.82) is 0 Å². The number of benzene rings is 3. The molecule has 0 unspecified atom stereocenters. The van der Waals surface area contributed by atoms with Gasteiger partial charge in [0.05, 0.1) is 0 Å². The van der Waals surface area contributed by atoms with Crippen LogP contribution in [0.2, 0.25) is 0 Å². The third-order valence-electron chi connectivity index (χ3n) is 5.71. The van der Waals surface area contributed by atoms with Crippen molar-refractivity contribution in [2.45, 2.75) is 25.3 Å². The minimum Gasteiger partial charge on any atom is -0.425 e. The Hall–Kier alpha value is -3.38. The van der Waals surface area contributed by atoms with Crippen molar-refractivity contribution >= 4 is 49.4 Å². The van der Waals surface area contributed by atoms with Gasteiger partial charge in [-0.25, -0.2) is 4.79 Å². The molecule has 1 aliphatic rings. The predicted octanol–water partition coefficient (Wildman–Crippen LogP) is 5.65. The van der Waals surface area contributed by atoms with Gasteiger partial charge in [-0.05, 0) is 60.4 Å². The highest BCUT2D eigenvalue weighted by atomic mass is 79.9. The summed E-state index contributed by atoms with van der Waals surface area (Å²) in [4.78, 5) is 27.2. The average molecular weight is 598 g/mol. The van der Waals surface area contributed by atoms with Gasteiger partial charge < -0.3 is 13.8 Å². The first kappa shape index (κ1) is 26.7. The van der Waals surface area contributed by atoms with E-state index in [1.165, 1.54) is 4.90 Å². The minimum atomic E-state index is -6.13. The molecule has 4 rings (SSSR count). The fraction of sp³-hybridized carbons (Fsp3) is 0.200. The van der Waals surface area contributed by atoms with Gasteiger partial charge in [0.15, 0.2) is 0 Å². The fourth-order valence-corrected chi connectivity index (χ4v) is 5.30. The molecule has 12 heteroatoms. The van der Waals surface area contributed by atoms with E-state index in [0.717, 1.165) is 15.6 Å². The van der Waals surface area contributed by atoms with Crippen LogP contribution in [0, 0.1) is 13.8 Å². The highest BCUT2D eigenvalue weighted by molar-refractivity contribution is 9.10. The highest BCUT2D eigenvalue weighted by Crippen LogP contribution is 2.46. The monoisotopic (exact) mass is 597 g/mol. The second-order valence-corrected chi connectivity index (χ2v) is 10.7. The zero-order valence-corrected chi connectivity index (χ0v) is 21.8. The standard InChI is InChI=1S/C25H19BrF3NO6S/c1-14-11-16(26)12-15(2)23(14)35-24(32)22-17-7-3-5-9-19(17)30(20-10-6-4-8-18(20)22)13-21(31)36-37(33,34)25(27,28)29/h3-12,22H,13H2,1-2H3. The Labute approximate surface area is 219 Å². The summed E-state index contributed by atoms with van der Waals surface area (Å²) in [5.74, 6) is -2.77.